The molecule has 3 heterocycles. The van der Waals surface area contributed by atoms with Gasteiger partial charge >= 0.3 is 0 Å². The molecule has 5 aromatic rings. The zero-order chi connectivity index (χ0) is 29.6. The average molecular weight is 559 g/mol. The number of halogens is 1. The molecule has 0 unspecified atom stereocenters. The molecule has 0 aliphatic carbocycles. The van der Waals surface area contributed by atoms with E-state index in [9.17, 15) is 9.18 Å². The number of carbonyl (C=O) groups excluding carboxylic acids is 1. The van der Waals surface area contributed by atoms with Crippen LogP contribution in [0.1, 0.15) is 37.5 Å². The summed E-state index contributed by atoms with van der Waals surface area (Å²) in [6.45, 7) is 9.14. The highest BCUT2D eigenvalue weighted by Crippen LogP contribution is 2.31. The van der Waals surface area contributed by atoms with Gasteiger partial charge in [-0.15, -0.1) is 0 Å². The summed E-state index contributed by atoms with van der Waals surface area (Å²) in [4.78, 5) is 25.2. The lowest BCUT2D eigenvalue weighted by atomic mass is 10.0. The Balaban J connectivity index is 1.46. The predicted octanol–water partition coefficient (Wildman–Crippen LogP) is 7.61. The Morgan fingerprint density at radius 3 is 2.62 bits per heavy atom. The van der Waals surface area contributed by atoms with Crippen LogP contribution in [-0.2, 0) is 11.2 Å². The standard InChI is InChI=1S/C34H31FN6O/c1-5-24(17-26(6-2)37-31(42)16-23-10-8-7-9-11-23)25-14-15-29-27(18-25)33(41-40-29)34-38-30-20-36-19-28(32(30)39-34)21(3)12-13-22(4)35/h5-15,17-20H,2,16H2,1,3-4H3,(H,37,42)(H,38,39)(H,40,41)/b21-12+,22-13+,24-5+,26-17+. The lowest BCUT2D eigenvalue weighted by molar-refractivity contribution is -0.119. The fourth-order valence-corrected chi connectivity index (χ4v) is 4.67. The molecule has 42 heavy (non-hydrogen) atoms. The molecular weight excluding hydrogens is 527 g/mol. The van der Waals surface area contributed by atoms with Gasteiger partial charge in [-0.05, 0) is 73.4 Å². The van der Waals surface area contributed by atoms with Gasteiger partial charge in [0.1, 0.15) is 5.69 Å². The van der Waals surface area contributed by atoms with Gasteiger partial charge in [0.25, 0.3) is 0 Å². The van der Waals surface area contributed by atoms with Crippen LogP contribution in [0.4, 0.5) is 4.39 Å². The number of aromatic amines is 2. The number of nitrogens with one attached hydrogen (secondary N) is 3. The van der Waals surface area contributed by atoms with Crippen LogP contribution in [0.15, 0.2) is 109 Å². The summed E-state index contributed by atoms with van der Waals surface area (Å²) in [5.74, 6) is 0.196. The number of pyridine rings is 1. The van der Waals surface area contributed by atoms with Crippen LogP contribution < -0.4 is 5.32 Å². The first-order valence-corrected chi connectivity index (χ1v) is 13.5. The van der Waals surface area contributed by atoms with Gasteiger partial charge in [0.05, 0.1) is 35.0 Å². The SMILES string of the molecule is C=C/C(=C\C(=C/C)c1ccc2[nH]nc(-c3nc4c(/C(C)=C/C=C(\C)F)cncc4[nH]3)c2c1)NC(=O)Cc1ccccc1. The number of H-pyrrole nitrogens is 2. The molecule has 0 aliphatic heterocycles. The normalized spacial score (nSPS) is 13.1. The van der Waals surface area contributed by atoms with Crippen LogP contribution in [0, 0.1) is 0 Å². The molecule has 0 bridgehead atoms. The number of nitrogens with zero attached hydrogens (tertiary/aromatic N) is 3. The Kier molecular flexibility index (Phi) is 8.34. The number of amides is 1. The maximum atomic E-state index is 13.3. The molecule has 0 aliphatic rings. The van der Waals surface area contributed by atoms with Crippen molar-refractivity contribution >= 4 is 39.0 Å². The minimum atomic E-state index is -0.277. The van der Waals surface area contributed by atoms with Gasteiger partial charge in [-0.2, -0.15) is 5.10 Å². The van der Waals surface area contributed by atoms with Crippen molar-refractivity contribution in [2.45, 2.75) is 27.2 Å². The highest BCUT2D eigenvalue weighted by Gasteiger charge is 2.16. The Labute approximate surface area is 243 Å². The Bertz CT molecular complexity index is 1900. The quantitative estimate of drug-likeness (QED) is 0.162. The smallest absolute Gasteiger partial charge is 0.228 e. The molecule has 0 saturated heterocycles. The van der Waals surface area contributed by atoms with Gasteiger partial charge in [0.15, 0.2) is 5.82 Å². The Morgan fingerprint density at radius 2 is 1.88 bits per heavy atom. The molecule has 5 rings (SSSR count). The fourth-order valence-electron chi connectivity index (χ4n) is 4.67. The lowest BCUT2D eigenvalue weighted by Gasteiger charge is -2.09. The van der Waals surface area contributed by atoms with Crippen molar-refractivity contribution in [3.05, 3.63) is 126 Å². The molecule has 3 N–H and O–H groups in total. The molecule has 0 radical (unpaired) electrons. The van der Waals surface area contributed by atoms with Gasteiger partial charge in [0, 0.05) is 22.8 Å². The number of rotatable bonds is 9. The molecular formula is C34H31FN6O. The van der Waals surface area contributed by atoms with Crippen LogP contribution in [0.5, 0.6) is 0 Å². The average Bonchev–Trinajstić information content (AvgIpc) is 3.62. The molecule has 8 heteroatoms. The van der Waals surface area contributed by atoms with Gasteiger partial charge in [0.2, 0.25) is 5.91 Å². The number of hydrogen-bond acceptors (Lipinski definition) is 4. The van der Waals surface area contributed by atoms with E-state index in [1.54, 1.807) is 24.5 Å². The van der Waals surface area contributed by atoms with Gasteiger partial charge in [-0.1, -0.05) is 55.1 Å². The van der Waals surface area contributed by atoms with Crippen molar-refractivity contribution < 1.29 is 9.18 Å². The molecule has 0 fully saturated rings. The molecule has 210 valence electrons. The number of aromatic nitrogens is 5. The Morgan fingerprint density at radius 1 is 1.07 bits per heavy atom. The largest absolute Gasteiger partial charge is 0.335 e. The molecule has 0 spiro atoms. The molecule has 7 nitrogen and oxygen atoms in total. The zero-order valence-corrected chi connectivity index (χ0v) is 23.7. The highest BCUT2D eigenvalue weighted by molar-refractivity contribution is 5.97. The lowest BCUT2D eigenvalue weighted by Crippen LogP contribution is -2.23. The van der Waals surface area contributed by atoms with E-state index >= 15 is 0 Å². The van der Waals surface area contributed by atoms with E-state index in [4.69, 9.17) is 4.98 Å². The Hall–Kier alpha value is -5.37. The van der Waals surface area contributed by atoms with Crippen LogP contribution in [0.25, 0.3) is 44.6 Å². The summed E-state index contributed by atoms with van der Waals surface area (Å²) in [7, 11) is 0. The molecule has 2 aromatic carbocycles. The molecule has 3 aromatic heterocycles. The predicted molar refractivity (Wildman–Crippen MR) is 168 cm³/mol. The number of fused-ring (bicyclic) bond motifs is 2. The van der Waals surface area contributed by atoms with Gasteiger partial charge in [-0.3, -0.25) is 14.9 Å². The second-order valence-electron chi connectivity index (χ2n) is 9.86. The monoisotopic (exact) mass is 558 g/mol. The summed E-state index contributed by atoms with van der Waals surface area (Å²) in [5.41, 5.74) is 8.04. The third kappa shape index (κ3) is 6.18. The zero-order valence-electron chi connectivity index (χ0n) is 23.7. The third-order valence-corrected chi connectivity index (χ3v) is 6.84. The molecule has 0 saturated carbocycles. The van der Waals surface area contributed by atoms with E-state index < -0.39 is 0 Å². The second kappa shape index (κ2) is 12.4. The third-order valence-electron chi connectivity index (χ3n) is 6.84. The number of allylic oxidation sites excluding steroid dienone is 8. The number of imidazole rings is 1. The van der Waals surface area contributed by atoms with Crippen LogP contribution in [0.2, 0.25) is 0 Å². The molecule has 1 amide bonds. The van der Waals surface area contributed by atoms with Crippen molar-refractivity contribution in [1.82, 2.24) is 30.5 Å². The van der Waals surface area contributed by atoms with E-state index in [1.165, 1.54) is 13.0 Å². The van der Waals surface area contributed by atoms with E-state index in [-0.39, 0.29) is 18.2 Å². The first kappa shape index (κ1) is 28.2. The van der Waals surface area contributed by atoms with Crippen LogP contribution in [-0.4, -0.2) is 31.1 Å². The van der Waals surface area contributed by atoms with Crippen molar-refractivity contribution in [2.24, 2.45) is 0 Å². The second-order valence-corrected chi connectivity index (χ2v) is 9.86. The summed E-state index contributed by atoms with van der Waals surface area (Å²) in [6.07, 6.45) is 12.4. The topological polar surface area (TPSA) is 99.3 Å². The first-order chi connectivity index (χ1) is 20.4. The summed E-state index contributed by atoms with van der Waals surface area (Å²) < 4.78 is 13.3. The van der Waals surface area contributed by atoms with E-state index in [0.717, 1.165) is 49.8 Å². The van der Waals surface area contributed by atoms with E-state index in [1.807, 2.05) is 74.5 Å². The maximum Gasteiger partial charge on any atom is 0.228 e. The summed E-state index contributed by atoms with van der Waals surface area (Å²) in [6, 6.07) is 15.6. The number of hydrogen-bond donors (Lipinski definition) is 3. The first-order valence-electron chi connectivity index (χ1n) is 13.5. The molecule has 0 atom stereocenters. The highest BCUT2D eigenvalue weighted by atomic mass is 19.1. The van der Waals surface area contributed by atoms with Crippen molar-refractivity contribution in [3.63, 3.8) is 0 Å². The van der Waals surface area contributed by atoms with Crippen molar-refractivity contribution in [3.8, 4) is 11.5 Å². The van der Waals surface area contributed by atoms with Crippen molar-refractivity contribution in [2.75, 3.05) is 0 Å². The fraction of sp³-hybridized carbons (Fsp3) is 0.118. The van der Waals surface area contributed by atoms with Crippen LogP contribution >= 0.6 is 0 Å². The van der Waals surface area contributed by atoms with E-state index in [2.05, 4.69) is 32.1 Å². The summed E-state index contributed by atoms with van der Waals surface area (Å²) in [5, 5.41) is 11.5. The van der Waals surface area contributed by atoms with Gasteiger partial charge in [-0.25, -0.2) is 9.37 Å². The van der Waals surface area contributed by atoms with Gasteiger partial charge < -0.3 is 10.3 Å². The minimum absolute atomic E-state index is 0.116. The van der Waals surface area contributed by atoms with E-state index in [0.29, 0.717) is 17.2 Å². The number of benzene rings is 2. The number of carbonyl (C=O) groups is 1. The van der Waals surface area contributed by atoms with Crippen molar-refractivity contribution in [1.29, 1.82) is 0 Å². The van der Waals surface area contributed by atoms with Crippen LogP contribution in [0.3, 0.4) is 0 Å². The minimum Gasteiger partial charge on any atom is -0.335 e. The maximum absolute atomic E-state index is 13.3. The summed E-state index contributed by atoms with van der Waals surface area (Å²) >= 11 is 0.